The summed E-state index contributed by atoms with van der Waals surface area (Å²) in [4.78, 5) is 12.1. The van der Waals surface area contributed by atoms with Crippen LogP contribution in [0.4, 0.5) is 5.69 Å². The summed E-state index contributed by atoms with van der Waals surface area (Å²) in [7, 11) is -2.80. The number of carbonyl (C=O) groups is 1. The normalized spacial score (nSPS) is 11.8. The number of ether oxygens (including phenoxy) is 1. The average Bonchev–Trinajstić information content (AvgIpc) is 2.54. The molecule has 0 spiro atoms. The minimum atomic E-state index is -2.80. The van der Waals surface area contributed by atoms with Crippen molar-refractivity contribution in [2.75, 3.05) is 26.4 Å². The summed E-state index contributed by atoms with van der Waals surface area (Å²) in [6.45, 7) is 10.9. The van der Waals surface area contributed by atoms with Crippen molar-refractivity contribution in [3.8, 4) is 0 Å². The Hall–Kier alpha value is -1.20. The van der Waals surface area contributed by atoms with E-state index in [0.29, 0.717) is 19.8 Å². The van der Waals surface area contributed by atoms with Crippen molar-refractivity contribution in [2.45, 2.75) is 40.7 Å². The Bertz CT molecular complexity index is 539. The van der Waals surface area contributed by atoms with Gasteiger partial charge in [0.25, 0.3) is 7.66 Å². The van der Waals surface area contributed by atoms with Crippen LogP contribution in [0.2, 0.25) is 0 Å². The Morgan fingerprint density at radius 2 is 1.67 bits per heavy atom. The van der Waals surface area contributed by atoms with Crippen molar-refractivity contribution in [1.29, 1.82) is 0 Å². The Morgan fingerprint density at radius 1 is 1.08 bits per heavy atom. The van der Waals surface area contributed by atoms with Crippen molar-refractivity contribution in [2.24, 2.45) is 4.74 Å². The van der Waals surface area contributed by atoms with Gasteiger partial charge < -0.3 is 13.8 Å². The molecule has 0 atom stereocenters. The standard InChI is InChI=1S/C17H29N2O4P/c1-6-21-17(20)14-19(15(4)5)24(22-7-2,23-8-3)18-16-12-10-9-11-13-16/h9-13,15H,6-8,14H2,1-5H3. The van der Waals surface area contributed by atoms with Gasteiger partial charge in [-0.3, -0.25) is 4.79 Å². The second kappa shape index (κ2) is 10.6. The smallest absolute Gasteiger partial charge is 0.320 e. The number of rotatable bonds is 10. The molecule has 0 N–H and O–H groups in total. The van der Waals surface area contributed by atoms with Crippen LogP contribution < -0.4 is 0 Å². The summed E-state index contributed by atoms with van der Waals surface area (Å²) in [6.07, 6.45) is 0. The largest absolute Gasteiger partial charge is 0.465 e. The molecule has 1 aromatic rings. The van der Waals surface area contributed by atoms with Gasteiger partial charge in [0, 0.05) is 6.04 Å². The molecule has 136 valence electrons. The summed E-state index contributed by atoms with van der Waals surface area (Å²) in [6, 6.07) is 9.56. The first-order valence-corrected chi connectivity index (χ1v) is 9.91. The van der Waals surface area contributed by atoms with Gasteiger partial charge in [0.05, 0.1) is 25.5 Å². The number of benzene rings is 1. The second-order valence-corrected chi connectivity index (χ2v) is 7.47. The van der Waals surface area contributed by atoms with Crippen molar-refractivity contribution >= 4 is 19.3 Å². The molecule has 7 heteroatoms. The Balaban J connectivity index is 3.35. The molecule has 0 radical (unpaired) electrons. The summed E-state index contributed by atoms with van der Waals surface area (Å²) in [5, 5.41) is 0. The third-order valence-electron chi connectivity index (χ3n) is 3.11. The van der Waals surface area contributed by atoms with Gasteiger partial charge in [-0.2, -0.15) is 0 Å². The third-order valence-corrected chi connectivity index (χ3v) is 6.04. The summed E-state index contributed by atoms with van der Waals surface area (Å²) in [5.41, 5.74) is 0.766. The maximum Gasteiger partial charge on any atom is 0.320 e. The zero-order chi connectivity index (χ0) is 18.0. The van der Waals surface area contributed by atoms with E-state index in [1.54, 1.807) is 6.92 Å². The lowest BCUT2D eigenvalue weighted by molar-refractivity contribution is -0.143. The number of carbonyl (C=O) groups excluding carboxylic acids is 1. The third kappa shape index (κ3) is 6.02. The van der Waals surface area contributed by atoms with Crippen LogP contribution in [0.1, 0.15) is 34.6 Å². The molecule has 1 aromatic carbocycles. The van der Waals surface area contributed by atoms with E-state index >= 15 is 0 Å². The van der Waals surface area contributed by atoms with Crippen molar-refractivity contribution in [1.82, 2.24) is 4.67 Å². The van der Waals surface area contributed by atoms with Crippen molar-refractivity contribution in [3.63, 3.8) is 0 Å². The molecule has 0 aliphatic carbocycles. The lowest BCUT2D eigenvalue weighted by Gasteiger charge is -2.36. The first kappa shape index (κ1) is 20.8. The first-order chi connectivity index (χ1) is 11.5. The van der Waals surface area contributed by atoms with Crippen LogP contribution in [-0.2, 0) is 18.6 Å². The molecule has 0 saturated carbocycles. The quantitative estimate of drug-likeness (QED) is 0.452. The highest BCUT2D eigenvalue weighted by molar-refractivity contribution is 7.54. The maximum absolute atomic E-state index is 12.1. The molecule has 1 rings (SSSR count). The minimum absolute atomic E-state index is 0.00769. The number of hydrogen-bond donors (Lipinski definition) is 0. The molecule has 0 fully saturated rings. The molecule has 6 nitrogen and oxygen atoms in total. The van der Waals surface area contributed by atoms with Crippen LogP contribution in [0, 0.1) is 0 Å². The lowest BCUT2D eigenvalue weighted by Crippen LogP contribution is -2.35. The molecule has 0 bridgehead atoms. The van der Waals surface area contributed by atoms with Gasteiger partial charge in [0.1, 0.15) is 6.54 Å². The fourth-order valence-electron chi connectivity index (χ4n) is 2.18. The van der Waals surface area contributed by atoms with E-state index in [-0.39, 0.29) is 18.6 Å². The Morgan fingerprint density at radius 3 is 2.12 bits per heavy atom. The summed E-state index contributed by atoms with van der Waals surface area (Å²) in [5.74, 6) is -0.307. The van der Waals surface area contributed by atoms with E-state index in [1.165, 1.54) is 0 Å². The van der Waals surface area contributed by atoms with Gasteiger partial charge >= 0.3 is 5.97 Å². The zero-order valence-corrected chi connectivity index (χ0v) is 16.2. The summed E-state index contributed by atoms with van der Waals surface area (Å²) >= 11 is 0. The predicted octanol–water partition coefficient (Wildman–Crippen LogP) is 4.61. The van der Waals surface area contributed by atoms with E-state index in [1.807, 2.05) is 62.7 Å². The van der Waals surface area contributed by atoms with E-state index in [0.717, 1.165) is 5.69 Å². The number of nitrogens with zero attached hydrogens (tertiary/aromatic N) is 2. The van der Waals surface area contributed by atoms with Gasteiger partial charge in [-0.15, -0.1) is 0 Å². The number of esters is 1. The molecule has 0 aromatic heterocycles. The van der Waals surface area contributed by atoms with E-state index in [2.05, 4.69) is 0 Å². The van der Waals surface area contributed by atoms with Gasteiger partial charge in [-0.1, -0.05) is 18.2 Å². The lowest BCUT2D eigenvalue weighted by atomic mass is 10.3. The van der Waals surface area contributed by atoms with Gasteiger partial charge in [0.15, 0.2) is 0 Å². The van der Waals surface area contributed by atoms with Crippen LogP contribution in [-0.4, -0.2) is 43.0 Å². The van der Waals surface area contributed by atoms with Crippen LogP contribution in [0.5, 0.6) is 0 Å². The van der Waals surface area contributed by atoms with Crippen LogP contribution in [0.3, 0.4) is 0 Å². The van der Waals surface area contributed by atoms with Crippen LogP contribution in [0.25, 0.3) is 0 Å². The molecule has 0 heterocycles. The Kier molecular flexibility index (Phi) is 9.22. The maximum atomic E-state index is 12.1. The van der Waals surface area contributed by atoms with Gasteiger partial charge in [0.2, 0.25) is 0 Å². The molecule has 0 aliphatic heterocycles. The van der Waals surface area contributed by atoms with Crippen molar-refractivity contribution in [3.05, 3.63) is 30.3 Å². The fraction of sp³-hybridized carbons (Fsp3) is 0.588. The highest BCUT2D eigenvalue weighted by atomic mass is 31.2. The average molecular weight is 356 g/mol. The zero-order valence-electron chi connectivity index (χ0n) is 15.3. The monoisotopic (exact) mass is 356 g/mol. The predicted molar refractivity (Wildman–Crippen MR) is 97.2 cm³/mol. The highest BCUT2D eigenvalue weighted by Crippen LogP contribution is 2.58. The van der Waals surface area contributed by atoms with Crippen molar-refractivity contribution < 1.29 is 18.6 Å². The topological polar surface area (TPSA) is 60.4 Å². The van der Waals surface area contributed by atoms with E-state index < -0.39 is 7.66 Å². The molecule has 0 aliphatic rings. The van der Waals surface area contributed by atoms with Crippen LogP contribution in [0.15, 0.2) is 35.1 Å². The van der Waals surface area contributed by atoms with Gasteiger partial charge in [-0.05, 0) is 46.8 Å². The molecule has 0 amide bonds. The summed E-state index contributed by atoms with van der Waals surface area (Å²) < 4.78 is 23.8. The molecule has 24 heavy (non-hydrogen) atoms. The number of hydrogen-bond acceptors (Lipinski definition) is 5. The van der Waals surface area contributed by atoms with Crippen LogP contribution >= 0.6 is 7.66 Å². The molecule has 0 saturated heterocycles. The fourth-order valence-corrected chi connectivity index (χ4v) is 4.76. The van der Waals surface area contributed by atoms with E-state index in [9.17, 15) is 4.79 Å². The minimum Gasteiger partial charge on any atom is -0.465 e. The Labute approximate surface area is 145 Å². The van der Waals surface area contributed by atoms with E-state index in [4.69, 9.17) is 18.5 Å². The molecular formula is C17H29N2O4P. The highest BCUT2D eigenvalue weighted by Gasteiger charge is 2.34. The van der Waals surface area contributed by atoms with Gasteiger partial charge in [-0.25, -0.2) is 9.42 Å². The first-order valence-electron chi connectivity index (χ1n) is 8.38. The molecule has 0 unspecified atom stereocenters. The second-order valence-electron chi connectivity index (χ2n) is 5.26. The molecular weight excluding hydrogens is 327 g/mol. The SMILES string of the molecule is CCOC(=O)CN(C(C)C)P(=Nc1ccccc1)(OCC)OCC.